The SMILES string of the molecule is COc1cccc2[nH]cc(C(C)(CC(N)=O)c3ccncc3)c12. The third kappa shape index (κ3) is 2.54. The molecule has 0 radical (unpaired) electrons. The fraction of sp³-hybridized carbons (Fsp3) is 0.222. The van der Waals surface area contributed by atoms with E-state index in [9.17, 15) is 4.79 Å². The van der Waals surface area contributed by atoms with E-state index in [1.807, 2.05) is 43.5 Å². The standard InChI is InChI=1S/C18H19N3O2/c1-18(10-16(19)22,12-6-8-20-9-7-12)13-11-21-14-4-3-5-15(23-2)17(13)14/h3-9,11,21H,10H2,1-2H3,(H2,19,22). The van der Waals surface area contributed by atoms with E-state index >= 15 is 0 Å². The lowest BCUT2D eigenvalue weighted by Crippen LogP contribution is -2.30. The summed E-state index contributed by atoms with van der Waals surface area (Å²) in [7, 11) is 1.64. The molecule has 1 unspecified atom stereocenters. The Morgan fingerprint density at radius 3 is 2.70 bits per heavy atom. The van der Waals surface area contributed by atoms with Crippen molar-refractivity contribution >= 4 is 16.8 Å². The van der Waals surface area contributed by atoms with Gasteiger partial charge in [0, 0.05) is 41.3 Å². The van der Waals surface area contributed by atoms with Gasteiger partial charge in [0.2, 0.25) is 5.91 Å². The smallest absolute Gasteiger partial charge is 0.218 e. The Kier molecular flexibility index (Phi) is 3.78. The largest absolute Gasteiger partial charge is 0.496 e. The van der Waals surface area contributed by atoms with E-state index in [2.05, 4.69) is 9.97 Å². The van der Waals surface area contributed by atoms with Crippen molar-refractivity contribution in [2.24, 2.45) is 5.73 Å². The number of hydrogen-bond donors (Lipinski definition) is 2. The topological polar surface area (TPSA) is 81.0 Å². The summed E-state index contributed by atoms with van der Waals surface area (Å²) in [4.78, 5) is 19.1. The first-order valence-corrected chi connectivity index (χ1v) is 7.39. The molecule has 3 aromatic rings. The second-order valence-corrected chi connectivity index (χ2v) is 5.80. The van der Waals surface area contributed by atoms with Gasteiger partial charge in [-0.15, -0.1) is 0 Å². The van der Waals surface area contributed by atoms with Crippen molar-refractivity contribution in [3.63, 3.8) is 0 Å². The average Bonchev–Trinajstić information content (AvgIpc) is 2.99. The number of carbonyl (C=O) groups is 1. The number of carbonyl (C=O) groups excluding carboxylic acids is 1. The first kappa shape index (κ1) is 15.1. The minimum absolute atomic E-state index is 0.196. The Bertz CT molecular complexity index is 842. The van der Waals surface area contributed by atoms with Crippen molar-refractivity contribution in [2.75, 3.05) is 7.11 Å². The van der Waals surface area contributed by atoms with Gasteiger partial charge in [0.05, 0.1) is 7.11 Å². The van der Waals surface area contributed by atoms with Crippen molar-refractivity contribution in [3.8, 4) is 5.75 Å². The zero-order chi connectivity index (χ0) is 16.4. The normalized spacial score (nSPS) is 13.7. The maximum atomic E-state index is 11.7. The number of H-pyrrole nitrogens is 1. The molecule has 23 heavy (non-hydrogen) atoms. The lowest BCUT2D eigenvalue weighted by Gasteiger charge is -2.29. The number of nitrogens with zero attached hydrogens (tertiary/aromatic N) is 1. The highest BCUT2D eigenvalue weighted by molar-refractivity contribution is 5.91. The number of pyridine rings is 1. The highest BCUT2D eigenvalue weighted by Gasteiger charge is 2.34. The molecule has 1 aromatic carbocycles. The number of benzene rings is 1. The number of ether oxygens (including phenoxy) is 1. The van der Waals surface area contributed by atoms with Gasteiger partial charge < -0.3 is 15.5 Å². The molecule has 0 aliphatic carbocycles. The van der Waals surface area contributed by atoms with Crippen LogP contribution in [0.25, 0.3) is 10.9 Å². The van der Waals surface area contributed by atoms with Crippen molar-refractivity contribution in [3.05, 3.63) is 60.0 Å². The molecule has 2 aromatic heterocycles. The molecular weight excluding hydrogens is 290 g/mol. The highest BCUT2D eigenvalue weighted by Crippen LogP contribution is 2.41. The summed E-state index contributed by atoms with van der Waals surface area (Å²) in [5.74, 6) is 0.414. The monoisotopic (exact) mass is 309 g/mol. The molecule has 0 aliphatic heterocycles. The predicted octanol–water partition coefficient (Wildman–Crippen LogP) is 2.75. The maximum Gasteiger partial charge on any atom is 0.218 e. The summed E-state index contributed by atoms with van der Waals surface area (Å²) in [6.07, 6.45) is 5.57. The first-order valence-electron chi connectivity index (χ1n) is 7.39. The Balaban J connectivity index is 2.28. The van der Waals surface area contributed by atoms with E-state index in [0.717, 1.165) is 27.8 Å². The van der Waals surface area contributed by atoms with Crippen molar-refractivity contribution in [2.45, 2.75) is 18.8 Å². The second-order valence-electron chi connectivity index (χ2n) is 5.80. The number of fused-ring (bicyclic) bond motifs is 1. The Hall–Kier alpha value is -2.82. The number of nitrogens with two attached hydrogens (primary N) is 1. The highest BCUT2D eigenvalue weighted by atomic mass is 16.5. The lowest BCUT2D eigenvalue weighted by atomic mass is 9.73. The maximum absolute atomic E-state index is 11.7. The van der Waals surface area contributed by atoms with Crippen LogP contribution in [0.1, 0.15) is 24.5 Å². The molecule has 0 spiro atoms. The summed E-state index contributed by atoms with van der Waals surface area (Å²) in [6, 6.07) is 9.66. The molecule has 1 atom stereocenters. The minimum atomic E-state index is -0.568. The molecular formula is C18H19N3O2. The zero-order valence-corrected chi connectivity index (χ0v) is 13.2. The first-order chi connectivity index (χ1) is 11.1. The number of rotatable bonds is 5. The van der Waals surface area contributed by atoms with Crippen molar-refractivity contribution < 1.29 is 9.53 Å². The predicted molar refractivity (Wildman–Crippen MR) is 89.4 cm³/mol. The lowest BCUT2D eigenvalue weighted by molar-refractivity contribution is -0.118. The van der Waals surface area contributed by atoms with Crippen LogP contribution in [0.5, 0.6) is 5.75 Å². The number of primary amides is 1. The molecule has 0 fully saturated rings. The third-order valence-corrected chi connectivity index (χ3v) is 4.33. The average molecular weight is 309 g/mol. The van der Waals surface area contributed by atoms with Gasteiger partial charge in [0.1, 0.15) is 5.75 Å². The van der Waals surface area contributed by atoms with Crippen LogP contribution < -0.4 is 10.5 Å². The van der Waals surface area contributed by atoms with Gasteiger partial charge in [0.15, 0.2) is 0 Å². The zero-order valence-electron chi connectivity index (χ0n) is 13.2. The summed E-state index contributed by atoms with van der Waals surface area (Å²) in [6.45, 7) is 2.02. The van der Waals surface area contributed by atoms with E-state index in [1.165, 1.54) is 0 Å². The molecule has 0 aliphatic rings. The van der Waals surface area contributed by atoms with Crippen LogP contribution in [-0.2, 0) is 10.2 Å². The molecule has 3 rings (SSSR count). The quantitative estimate of drug-likeness (QED) is 0.760. The Morgan fingerprint density at radius 2 is 2.04 bits per heavy atom. The van der Waals surface area contributed by atoms with E-state index < -0.39 is 5.41 Å². The molecule has 0 saturated heterocycles. The summed E-state index contributed by atoms with van der Waals surface area (Å²) < 4.78 is 5.51. The molecule has 0 bridgehead atoms. The second kappa shape index (κ2) is 5.76. The van der Waals surface area contributed by atoms with Gasteiger partial charge in [0.25, 0.3) is 0 Å². The molecule has 3 N–H and O–H groups in total. The Morgan fingerprint density at radius 1 is 1.30 bits per heavy atom. The summed E-state index contributed by atoms with van der Waals surface area (Å²) >= 11 is 0. The van der Waals surface area contributed by atoms with E-state index in [0.29, 0.717) is 0 Å². The molecule has 2 heterocycles. The number of nitrogens with one attached hydrogen (secondary N) is 1. The van der Waals surface area contributed by atoms with Crippen LogP contribution in [0.3, 0.4) is 0 Å². The van der Waals surface area contributed by atoms with E-state index in [1.54, 1.807) is 19.5 Å². The fourth-order valence-corrected chi connectivity index (χ4v) is 3.18. The number of methoxy groups -OCH3 is 1. The molecule has 5 nitrogen and oxygen atoms in total. The number of amides is 1. The fourth-order valence-electron chi connectivity index (χ4n) is 3.18. The molecule has 1 amide bonds. The van der Waals surface area contributed by atoms with Crippen LogP contribution in [0.2, 0.25) is 0 Å². The van der Waals surface area contributed by atoms with Crippen LogP contribution in [0.4, 0.5) is 0 Å². The summed E-state index contributed by atoms with van der Waals surface area (Å²) in [5.41, 5.74) is 7.90. The molecule has 118 valence electrons. The minimum Gasteiger partial charge on any atom is -0.496 e. The Labute approximate surface area is 134 Å². The third-order valence-electron chi connectivity index (χ3n) is 4.33. The van der Waals surface area contributed by atoms with E-state index in [4.69, 9.17) is 10.5 Å². The van der Waals surface area contributed by atoms with Gasteiger partial charge in [-0.3, -0.25) is 9.78 Å². The van der Waals surface area contributed by atoms with Gasteiger partial charge in [-0.05, 0) is 35.4 Å². The van der Waals surface area contributed by atoms with Crippen molar-refractivity contribution in [1.29, 1.82) is 0 Å². The molecule has 5 heteroatoms. The van der Waals surface area contributed by atoms with Crippen LogP contribution in [-0.4, -0.2) is 23.0 Å². The van der Waals surface area contributed by atoms with Crippen LogP contribution in [0.15, 0.2) is 48.9 Å². The van der Waals surface area contributed by atoms with Gasteiger partial charge in [-0.2, -0.15) is 0 Å². The van der Waals surface area contributed by atoms with Crippen molar-refractivity contribution in [1.82, 2.24) is 9.97 Å². The summed E-state index contributed by atoms with van der Waals surface area (Å²) in [5, 5.41) is 0.968. The van der Waals surface area contributed by atoms with Gasteiger partial charge in [-0.25, -0.2) is 0 Å². The van der Waals surface area contributed by atoms with E-state index in [-0.39, 0.29) is 12.3 Å². The van der Waals surface area contributed by atoms with Crippen LogP contribution >= 0.6 is 0 Å². The van der Waals surface area contributed by atoms with Gasteiger partial charge >= 0.3 is 0 Å². The van der Waals surface area contributed by atoms with Gasteiger partial charge in [-0.1, -0.05) is 13.0 Å². The van der Waals surface area contributed by atoms with Crippen LogP contribution in [0, 0.1) is 0 Å². The number of aromatic nitrogens is 2. The number of aromatic amines is 1. The molecule has 0 saturated carbocycles. The number of hydrogen-bond acceptors (Lipinski definition) is 3.